The number of hydrogen-bond donors (Lipinski definition) is 3. The predicted octanol–water partition coefficient (Wildman–Crippen LogP) is 1.72. The van der Waals surface area contributed by atoms with Gasteiger partial charge in [-0.3, -0.25) is 4.79 Å². The van der Waals surface area contributed by atoms with Gasteiger partial charge < -0.3 is 25.6 Å². The number of likely N-dealkylation sites (tertiary alicyclic amines) is 1. The van der Waals surface area contributed by atoms with Crippen molar-refractivity contribution in [1.29, 1.82) is 0 Å². The summed E-state index contributed by atoms with van der Waals surface area (Å²) in [6.07, 6.45) is 1.45. The van der Waals surface area contributed by atoms with Crippen LogP contribution >= 0.6 is 0 Å². The number of guanidine groups is 1. The minimum absolute atomic E-state index is 0.107. The van der Waals surface area contributed by atoms with Crippen molar-refractivity contribution in [3.63, 3.8) is 0 Å². The summed E-state index contributed by atoms with van der Waals surface area (Å²) in [5, 5.41) is 9.34. The van der Waals surface area contributed by atoms with Crippen molar-refractivity contribution >= 4 is 18.0 Å². The lowest BCUT2D eigenvalue weighted by atomic mass is 10.1. The smallest absolute Gasteiger partial charge is 0.409 e. The van der Waals surface area contributed by atoms with Crippen molar-refractivity contribution in [3.8, 4) is 0 Å². The highest BCUT2D eigenvalue weighted by atomic mass is 16.6. The zero-order valence-electron chi connectivity index (χ0n) is 17.0. The van der Waals surface area contributed by atoms with Crippen molar-refractivity contribution < 1.29 is 14.3 Å². The van der Waals surface area contributed by atoms with Gasteiger partial charge in [-0.2, -0.15) is 0 Å². The molecule has 0 spiro atoms. The van der Waals surface area contributed by atoms with Crippen LogP contribution in [0.25, 0.3) is 0 Å². The van der Waals surface area contributed by atoms with Gasteiger partial charge in [-0.25, -0.2) is 9.79 Å². The Morgan fingerprint density at radius 3 is 2.64 bits per heavy atom. The third-order valence-electron chi connectivity index (χ3n) is 4.54. The Labute approximate surface area is 166 Å². The molecule has 0 saturated carbocycles. The average molecular weight is 390 g/mol. The van der Waals surface area contributed by atoms with E-state index in [4.69, 9.17) is 4.74 Å². The van der Waals surface area contributed by atoms with Gasteiger partial charge in [0.15, 0.2) is 5.96 Å². The van der Waals surface area contributed by atoms with Gasteiger partial charge in [0.2, 0.25) is 0 Å². The van der Waals surface area contributed by atoms with E-state index in [0.29, 0.717) is 31.8 Å². The van der Waals surface area contributed by atoms with E-state index in [1.54, 1.807) is 18.0 Å². The van der Waals surface area contributed by atoms with Crippen LogP contribution in [-0.4, -0.2) is 62.2 Å². The molecule has 2 rings (SSSR count). The molecular formula is C20H31N5O3. The molecule has 3 N–H and O–H groups in total. The van der Waals surface area contributed by atoms with E-state index in [1.165, 1.54) is 0 Å². The molecule has 0 unspecified atom stereocenters. The molecule has 8 nitrogen and oxygen atoms in total. The van der Waals surface area contributed by atoms with Crippen LogP contribution < -0.4 is 16.0 Å². The van der Waals surface area contributed by atoms with Gasteiger partial charge >= 0.3 is 6.09 Å². The number of nitrogens with zero attached hydrogens (tertiary/aromatic N) is 2. The van der Waals surface area contributed by atoms with Crippen molar-refractivity contribution in [2.24, 2.45) is 4.99 Å². The Bertz CT molecular complexity index is 684. The largest absolute Gasteiger partial charge is 0.450 e. The number of ether oxygens (including phenoxy) is 1. The Hall–Kier alpha value is -2.77. The molecule has 0 atom stereocenters. The highest BCUT2D eigenvalue weighted by Gasteiger charge is 2.24. The molecule has 0 bridgehead atoms. The van der Waals surface area contributed by atoms with Gasteiger partial charge in [-0.05, 0) is 44.4 Å². The maximum Gasteiger partial charge on any atom is 0.409 e. The molecule has 1 heterocycles. The quantitative estimate of drug-likeness (QED) is 0.509. The van der Waals surface area contributed by atoms with Gasteiger partial charge in [-0.1, -0.05) is 12.1 Å². The van der Waals surface area contributed by atoms with Crippen LogP contribution in [0, 0.1) is 0 Å². The summed E-state index contributed by atoms with van der Waals surface area (Å²) in [5.74, 6) is 0.631. The lowest BCUT2D eigenvalue weighted by Gasteiger charge is -2.32. The van der Waals surface area contributed by atoms with Crippen LogP contribution in [0.1, 0.15) is 42.6 Å². The van der Waals surface area contributed by atoms with E-state index in [1.807, 2.05) is 32.0 Å². The number of amides is 2. The minimum Gasteiger partial charge on any atom is -0.450 e. The summed E-state index contributed by atoms with van der Waals surface area (Å²) in [5.41, 5.74) is 1.59. The van der Waals surface area contributed by atoms with E-state index in [2.05, 4.69) is 20.9 Å². The number of aliphatic imine (C=N–C) groups is 1. The molecule has 0 aromatic heterocycles. The maximum atomic E-state index is 11.8. The predicted molar refractivity (Wildman–Crippen MR) is 109 cm³/mol. The van der Waals surface area contributed by atoms with Crippen LogP contribution in [0.4, 0.5) is 4.79 Å². The summed E-state index contributed by atoms with van der Waals surface area (Å²) < 4.78 is 5.06. The van der Waals surface area contributed by atoms with Crippen molar-refractivity contribution in [2.75, 3.05) is 33.3 Å². The third kappa shape index (κ3) is 6.44. The number of nitrogens with one attached hydrogen (secondary N) is 3. The molecule has 1 saturated heterocycles. The Morgan fingerprint density at radius 1 is 1.25 bits per heavy atom. The first-order valence-electron chi connectivity index (χ1n) is 9.84. The summed E-state index contributed by atoms with van der Waals surface area (Å²) in [4.78, 5) is 30.0. The molecule has 1 aliphatic heterocycles. The number of carbonyl (C=O) groups is 2. The maximum absolute atomic E-state index is 11.8. The fourth-order valence-electron chi connectivity index (χ4n) is 3.06. The molecule has 0 aliphatic carbocycles. The van der Waals surface area contributed by atoms with Crippen molar-refractivity contribution in [2.45, 2.75) is 39.3 Å². The van der Waals surface area contributed by atoms with Crippen LogP contribution in [-0.2, 0) is 11.3 Å². The van der Waals surface area contributed by atoms with E-state index in [-0.39, 0.29) is 18.0 Å². The second-order valence-electron chi connectivity index (χ2n) is 6.58. The Kier molecular flexibility index (Phi) is 8.58. The van der Waals surface area contributed by atoms with E-state index in [0.717, 1.165) is 30.9 Å². The fraction of sp³-hybridized carbons (Fsp3) is 0.550. The van der Waals surface area contributed by atoms with Crippen molar-refractivity contribution in [3.05, 3.63) is 35.4 Å². The SMILES string of the molecule is CCNC(=NCc1cccc(C(=O)NC)c1)NC1CCN(C(=O)OCC)CC1. The van der Waals surface area contributed by atoms with Crippen molar-refractivity contribution in [1.82, 2.24) is 20.9 Å². The fourth-order valence-corrected chi connectivity index (χ4v) is 3.06. The monoisotopic (exact) mass is 389 g/mol. The third-order valence-corrected chi connectivity index (χ3v) is 4.54. The second-order valence-corrected chi connectivity index (χ2v) is 6.58. The summed E-state index contributed by atoms with van der Waals surface area (Å²) >= 11 is 0. The zero-order valence-corrected chi connectivity index (χ0v) is 17.0. The van der Waals surface area contributed by atoms with Crippen LogP contribution in [0.3, 0.4) is 0 Å². The number of rotatable bonds is 6. The number of carbonyl (C=O) groups excluding carboxylic acids is 2. The molecular weight excluding hydrogens is 358 g/mol. The highest BCUT2D eigenvalue weighted by molar-refractivity contribution is 5.94. The highest BCUT2D eigenvalue weighted by Crippen LogP contribution is 2.12. The normalized spacial score (nSPS) is 15.1. The number of benzene rings is 1. The molecule has 2 amide bonds. The topological polar surface area (TPSA) is 95.1 Å². The summed E-state index contributed by atoms with van der Waals surface area (Å²) in [6, 6.07) is 7.70. The molecule has 1 aromatic carbocycles. The Morgan fingerprint density at radius 2 is 2.00 bits per heavy atom. The molecule has 1 aliphatic rings. The molecule has 1 aromatic rings. The van der Waals surface area contributed by atoms with E-state index >= 15 is 0 Å². The minimum atomic E-state index is -0.238. The molecule has 1 fully saturated rings. The number of piperidine rings is 1. The molecule has 154 valence electrons. The van der Waals surface area contributed by atoms with Crippen LogP contribution in [0.5, 0.6) is 0 Å². The van der Waals surface area contributed by atoms with Gasteiger partial charge in [0.25, 0.3) is 5.91 Å². The first-order valence-corrected chi connectivity index (χ1v) is 9.84. The average Bonchev–Trinajstić information content (AvgIpc) is 2.72. The van der Waals surface area contributed by atoms with Gasteiger partial charge in [0.1, 0.15) is 0 Å². The molecule has 0 radical (unpaired) electrons. The van der Waals surface area contributed by atoms with Crippen LogP contribution in [0.15, 0.2) is 29.3 Å². The number of hydrogen-bond acceptors (Lipinski definition) is 4. The molecule has 8 heteroatoms. The van der Waals surface area contributed by atoms with E-state index in [9.17, 15) is 9.59 Å². The first kappa shape index (κ1) is 21.5. The van der Waals surface area contributed by atoms with Gasteiger partial charge in [-0.15, -0.1) is 0 Å². The lowest BCUT2D eigenvalue weighted by molar-refractivity contribution is 0.0955. The standard InChI is InChI=1S/C20H31N5O3/c1-4-22-19(23-14-15-7-6-8-16(13-15)18(26)21-3)24-17-9-11-25(12-10-17)20(27)28-5-2/h6-8,13,17H,4-5,9-12,14H2,1-3H3,(H,21,26)(H2,22,23,24). The van der Waals surface area contributed by atoms with Crippen LogP contribution in [0.2, 0.25) is 0 Å². The zero-order chi connectivity index (χ0) is 20.4. The van der Waals surface area contributed by atoms with E-state index < -0.39 is 0 Å². The summed E-state index contributed by atoms with van der Waals surface area (Å²) in [7, 11) is 1.62. The first-order chi connectivity index (χ1) is 13.6. The Balaban J connectivity index is 1.93. The molecule has 28 heavy (non-hydrogen) atoms. The second kappa shape index (κ2) is 11.2. The van der Waals surface area contributed by atoms with Gasteiger partial charge in [0.05, 0.1) is 13.2 Å². The van der Waals surface area contributed by atoms with Gasteiger partial charge in [0, 0.05) is 38.3 Å². The summed E-state index contributed by atoms with van der Waals surface area (Å²) in [6.45, 7) is 6.81. The lowest BCUT2D eigenvalue weighted by Crippen LogP contribution is -2.49.